The first kappa shape index (κ1) is 16.9. The second kappa shape index (κ2) is 7.04. The minimum absolute atomic E-state index is 0.243. The van der Waals surface area contributed by atoms with Gasteiger partial charge in [0.05, 0.1) is 5.75 Å². The van der Waals surface area contributed by atoms with Gasteiger partial charge in [0, 0.05) is 35.8 Å². The molecule has 27 heavy (non-hydrogen) atoms. The number of H-pyrrole nitrogens is 1. The molecule has 1 aromatic heterocycles. The fraction of sp³-hybridized carbons (Fsp3) is 0.364. The quantitative estimate of drug-likeness (QED) is 0.695. The topological polar surface area (TPSA) is 49.0 Å². The Morgan fingerprint density at radius 2 is 2.07 bits per heavy atom. The number of aryl methyl sites for hydroxylation is 2. The molecule has 0 spiro atoms. The van der Waals surface area contributed by atoms with Crippen LogP contribution in [0.5, 0.6) is 0 Å². The average molecular weight is 378 g/mol. The van der Waals surface area contributed by atoms with Crippen LogP contribution in [0.1, 0.15) is 35.6 Å². The van der Waals surface area contributed by atoms with Gasteiger partial charge in [0.15, 0.2) is 0 Å². The van der Waals surface area contributed by atoms with Crippen molar-refractivity contribution in [1.82, 2.24) is 15.1 Å². The first-order chi connectivity index (χ1) is 13.3. The molecular weight excluding hydrogens is 354 g/mol. The van der Waals surface area contributed by atoms with Gasteiger partial charge >= 0.3 is 0 Å². The average Bonchev–Trinajstić information content (AvgIpc) is 3.39. The molecule has 1 N–H and O–H groups in total. The Labute approximate surface area is 163 Å². The molecule has 1 unspecified atom stereocenters. The number of aromatic amines is 1. The van der Waals surface area contributed by atoms with Crippen molar-refractivity contribution in [3.05, 3.63) is 59.4 Å². The van der Waals surface area contributed by atoms with E-state index in [1.165, 1.54) is 26.8 Å². The molecular formula is C22H23N3OS. The summed E-state index contributed by atoms with van der Waals surface area (Å²) < 4.78 is 0. The summed E-state index contributed by atoms with van der Waals surface area (Å²) in [6.45, 7) is 1.67. The normalized spacial score (nSPS) is 19.0. The summed E-state index contributed by atoms with van der Waals surface area (Å²) in [5, 5.41) is 9.86. The molecule has 2 heterocycles. The maximum atomic E-state index is 12.8. The number of nitrogens with one attached hydrogen (secondary N) is 1. The molecule has 4 nitrogen and oxygen atoms in total. The van der Waals surface area contributed by atoms with E-state index in [1.807, 2.05) is 11.0 Å². The van der Waals surface area contributed by atoms with E-state index in [0.29, 0.717) is 11.7 Å². The predicted molar refractivity (Wildman–Crippen MR) is 109 cm³/mol. The molecule has 1 fully saturated rings. The van der Waals surface area contributed by atoms with Crippen molar-refractivity contribution in [3.8, 4) is 0 Å². The highest BCUT2D eigenvalue weighted by atomic mass is 32.2. The number of piperidine rings is 1. The van der Waals surface area contributed by atoms with Crippen molar-refractivity contribution >= 4 is 28.4 Å². The van der Waals surface area contributed by atoms with E-state index < -0.39 is 0 Å². The highest BCUT2D eigenvalue weighted by molar-refractivity contribution is 8.00. The maximum Gasteiger partial charge on any atom is 0.232 e. The van der Waals surface area contributed by atoms with Crippen molar-refractivity contribution in [2.45, 2.75) is 36.5 Å². The number of amides is 1. The van der Waals surface area contributed by atoms with Crippen LogP contribution in [0, 0.1) is 0 Å². The van der Waals surface area contributed by atoms with Gasteiger partial charge in [-0.25, -0.2) is 0 Å². The number of hydrogen-bond acceptors (Lipinski definition) is 3. The fourth-order valence-electron chi connectivity index (χ4n) is 4.53. The summed E-state index contributed by atoms with van der Waals surface area (Å²) in [7, 11) is 0. The summed E-state index contributed by atoms with van der Waals surface area (Å²) in [4.78, 5) is 16.1. The number of carbonyl (C=O) groups is 1. The molecule has 1 aliphatic heterocycles. The molecule has 138 valence electrons. The van der Waals surface area contributed by atoms with E-state index in [9.17, 15) is 4.79 Å². The highest BCUT2D eigenvalue weighted by Crippen LogP contribution is 2.37. The Hall–Kier alpha value is -2.27. The van der Waals surface area contributed by atoms with Crippen LogP contribution in [-0.4, -0.2) is 39.8 Å². The van der Waals surface area contributed by atoms with Gasteiger partial charge < -0.3 is 4.90 Å². The second-order valence-corrected chi connectivity index (χ2v) is 8.56. The van der Waals surface area contributed by atoms with Gasteiger partial charge in [-0.2, -0.15) is 5.10 Å². The van der Waals surface area contributed by atoms with Crippen LogP contribution in [-0.2, 0) is 17.6 Å². The number of thioether (sulfide) groups is 1. The van der Waals surface area contributed by atoms with E-state index >= 15 is 0 Å². The number of aromatic nitrogens is 2. The molecule has 0 radical (unpaired) electrons. The van der Waals surface area contributed by atoms with Crippen molar-refractivity contribution in [3.63, 3.8) is 0 Å². The van der Waals surface area contributed by atoms with Crippen molar-refractivity contribution in [1.29, 1.82) is 0 Å². The van der Waals surface area contributed by atoms with Gasteiger partial charge in [0.25, 0.3) is 0 Å². The lowest BCUT2D eigenvalue weighted by molar-refractivity contribution is -0.129. The first-order valence-electron chi connectivity index (χ1n) is 9.73. The zero-order valence-corrected chi connectivity index (χ0v) is 16.1. The number of benzene rings is 2. The molecule has 1 aliphatic carbocycles. The number of carbonyl (C=O) groups excluding carboxylic acids is 1. The Bertz CT molecular complexity index is 972. The van der Waals surface area contributed by atoms with Crippen molar-refractivity contribution < 1.29 is 4.79 Å². The molecule has 2 aromatic carbocycles. The molecule has 0 bridgehead atoms. The van der Waals surface area contributed by atoms with E-state index in [0.717, 1.165) is 44.5 Å². The lowest BCUT2D eigenvalue weighted by Gasteiger charge is -2.32. The standard InChI is InChI=1S/C22H23N3OS/c26-21(25-12-2-4-17(13-25)19-10-11-23-24-19)14-27-20-9-8-16-7-6-15-3-1-5-18(20)22(15)16/h1,3,5,8-11,17H,2,4,6-7,12-14H2,(H,23,24). The third-order valence-corrected chi connectivity index (χ3v) is 6.98. The maximum absolute atomic E-state index is 12.8. The van der Waals surface area contributed by atoms with E-state index in [4.69, 9.17) is 0 Å². The van der Waals surface area contributed by atoms with Crippen LogP contribution >= 0.6 is 11.8 Å². The molecule has 0 saturated carbocycles. The molecule has 2 aliphatic rings. The fourth-order valence-corrected chi connectivity index (χ4v) is 5.48. The molecule has 1 amide bonds. The van der Waals surface area contributed by atoms with Gasteiger partial charge in [-0.3, -0.25) is 9.89 Å². The Morgan fingerprint density at radius 3 is 2.93 bits per heavy atom. The smallest absolute Gasteiger partial charge is 0.232 e. The van der Waals surface area contributed by atoms with Crippen LogP contribution in [0.4, 0.5) is 0 Å². The van der Waals surface area contributed by atoms with E-state index in [-0.39, 0.29) is 5.91 Å². The Balaban J connectivity index is 1.29. The summed E-state index contributed by atoms with van der Waals surface area (Å²) >= 11 is 1.68. The minimum atomic E-state index is 0.243. The van der Waals surface area contributed by atoms with Crippen LogP contribution in [0.15, 0.2) is 47.5 Å². The van der Waals surface area contributed by atoms with Gasteiger partial charge in [0.2, 0.25) is 5.91 Å². The van der Waals surface area contributed by atoms with Gasteiger partial charge in [0.1, 0.15) is 0 Å². The molecule has 5 rings (SSSR count). The SMILES string of the molecule is O=C(CSc1ccc2c3c(cccc13)CC2)N1CCCC(c2ccn[nH]2)C1. The number of hydrogen-bond donors (Lipinski definition) is 1. The zero-order valence-electron chi connectivity index (χ0n) is 15.3. The van der Waals surface area contributed by atoms with Crippen LogP contribution < -0.4 is 0 Å². The second-order valence-electron chi connectivity index (χ2n) is 7.54. The Morgan fingerprint density at radius 1 is 1.19 bits per heavy atom. The zero-order chi connectivity index (χ0) is 18.2. The van der Waals surface area contributed by atoms with E-state index in [2.05, 4.69) is 40.5 Å². The van der Waals surface area contributed by atoms with Gasteiger partial charge in [-0.05, 0) is 59.7 Å². The molecule has 1 atom stereocenters. The lowest BCUT2D eigenvalue weighted by Crippen LogP contribution is -2.40. The van der Waals surface area contributed by atoms with Crippen LogP contribution in [0.25, 0.3) is 10.8 Å². The van der Waals surface area contributed by atoms with Crippen molar-refractivity contribution in [2.24, 2.45) is 0 Å². The van der Waals surface area contributed by atoms with Gasteiger partial charge in [-0.1, -0.05) is 24.3 Å². The monoisotopic (exact) mass is 377 g/mol. The third kappa shape index (κ3) is 3.14. The third-order valence-electron chi connectivity index (χ3n) is 5.92. The number of rotatable bonds is 4. The minimum Gasteiger partial charge on any atom is -0.341 e. The molecule has 1 saturated heterocycles. The van der Waals surface area contributed by atoms with Crippen molar-refractivity contribution in [2.75, 3.05) is 18.8 Å². The molecule has 3 aromatic rings. The van der Waals surface area contributed by atoms with Crippen LogP contribution in [0.3, 0.4) is 0 Å². The first-order valence-corrected chi connectivity index (χ1v) is 10.7. The number of likely N-dealkylation sites (tertiary alicyclic amines) is 1. The summed E-state index contributed by atoms with van der Waals surface area (Å²) in [6, 6.07) is 13.1. The largest absolute Gasteiger partial charge is 0.341 e. The Kier molecular flexibility index (Phi) is 4.40. The predicted octanol–water partition coefficient (Wildman–Crippen LogP) is 4.16. The van der Waals surface area contributed by atoms with E-state index in [1.54, 1.807) is 18.0 Å². The van der Waals surface area contributed by atoms with Crippen LogP contribution in [0.2, 0.25) is 0 Å². The van der Waals surface area contributed by atoms with Gasteiger partial charge in [-0.15, -0.1) is 11.8 Å². The lowest BCUT2D eigenvalue weighted by atomic mass is 9.95. The molecule has 5 heteroatoms. The highest BCUT2D eigenvalue weighted by Gasteiger charge is 2.25. The number of nitrogens with zero attached hydrogens (tertiary/aromatic N) is 2. The summed E-state index contributed by atoms with van der Waals surface area (Å²) in [6.07, 6.45) is 6.25. The summed E-state index contributed by atoms with van der Waals surface area (Å²) in [5.74, 6) is 1.13. The summed E-state index contributed by atoms with van der Waals surface area (Å²) in [5.41, 5.74) is 4.05.